The Morgan fingerprint density at radius 1 is 1.29 bits per heavy atom. The first kappa shape index (κ1) is 14.4. The molecule has 5 heteroatoms. The molecule has 3 atom stereocenters. The van der Waals surface area contributed by atoms with Crippen LogP contribution in [0.3, 0.4) is 0 Å². The molecule has 0 unspecified atom stereocenters. The summed E-state index contributed by atoms with van der Waals surface area (Å²) in [5.74, 6) is -0.892. The summed E-state index contributed by atoms with van der Waals surface area (Å²) in [5.41, 5.74) is -3.05. The van der Waals surface area contributed by atoms with Crippen molar-refractivity contribution in [3.8, 4) is 0 Å². The number of carbonyl (C=O) groups is 2. The van der Waals surface area contributed by atoms with Crippen molar-refractivity contribution in [3.05, 3.63) is 29.1 Å². The van der Waals surface area contributed by atoms with Crippen LogP contribution in [0.25, 0.3) is 0 Å². The van der Waals surface area contributed by atoms with Gasteiger partial charge < -0.3 is 10.2 Å². The van der Waals surface area contributed by atoms with Crippen LogP contribution in [0.2, 0.25) is 0 Å². The summed E-state index contributed by atoms with van der Waals surface area (Å²) >= 11 is 0. The van der Waals surface area contributed by atoms with Gasteiger partial charge in [0.2, 0.25) is 0 Å². The molecule has 0 aliphatic heterocycles. The van der Waals surface area contributed by atoms with E-state index in [1.807, 2.05) is 0 Å². The first-order valence-corrected chi connectivity index (χ1v) is 7.04. The number of Topliss-reactive ketones (excluding diaryl/α,β-unsaturated/α-hetero) is 2. The predicted octanol–water partition coefficient (Wildman–Crippen LogP) is 1.14. The molecule has 2 aliphatic carbocycles. The Morgan fingerprint density at radius 2 is 1.90 bits per heavy atom. The number of hydrogen-bond acceptors (Lipinski definition) is 5. The van der Waals surface area contributed by atoms with Crippen LogP contribution in [0.1, 0.15) is 48.8 Å². The van der Waals surface area contributed by atoms with Crippen LogP contribution in [-0.2, 0) is 10.4 Å². The molecule has 2 N–H and O–H groups in total. The van der Waals surface area contributed by atoms with Gasteiger partial charge in [0.05, 0.1) is 6.10 Å². The zero-order valence-corrected chi connectivity index (χ0v) is 12.6. The van der Waals surface area contributed by atoms with Crippen LogP contribution in [0.4, 0.5) is 0 Å². The highest BCUT2D eigenvalue weighted by molar-refractivity contribution is 6.22. The molecule has 1 fully saturated rings. The third-order valence-corrected chi connectivity index (χ3v) is 5.63. The van der Waals surface area contributed by atoms with Gasteiger partial charge in [-0.05, 0) is 19.9 Å². The lowest BCUT2D eigenvalue weighted by atomic mass is 9.47. The molecule has 3 rings (SSSR count). The van der Waals surface area contributed by atoms with E-state index in [-0.39, 0.29) is 23.3 Å². The van der Waals surface area contributed by atoms with Crippen molar-refractivity contribution in [2.75, 3.05) is 0 Å². The van der Waals surface area contributed by atoms with E-state index < -0.39 is 28.3 Å². The van der Waals surface area contributed by atoms with Crippen LogP contribution in [0.15, 0.2) is 12.3 Å². The van der Waals surface area contributed by atoms with Gasteiger partial charge in [0.15, 0.2) is 17.2 Å². The molecular formula is C16H19NO4. The highest BCUT2D eigenvalue weighted by atomic mass is 16.3. The molecule has 5 nitrogen and oxygen atoms in total. The number of ketones is 2. The van der Waals surface area contributed by atoms with E-state index in [0.29, 0.717) is 5.69 Å². The Bertz CT molecular complexity index is 681. The van der Waals surface area contributed by atoms with Gasteiger partial charge in [0.25, 0.3) is 0 Å². The quantitative estimate of drug-likeness (QED) is 0.699. The van der Waals surface area contributed by atoms with Gasteiger partial charge in [-0.3, -0.25) is 14.6 Å². The number of aryl methyl sites for hydroxylation is 1. The molecule has 1 heterocycles. The maximum atomic E-state index is 12.9. The molecule has 2 aliphatic rings. The van der Waals surface area contributed by atoms with Crippen LogP contribution in [0.5, 0.6) is 0 Å². The number of aliphatic hydroxyl groups excluding tert-OH is 1. The lowest BCUT2D eigenvalue weighted by molar-refractivity contribution is -0.181. The minimum Gasteiger partial charge on any atom is -0.392 e. The molecular weight excluding hydrogens is 270 g/mol. The number of rotatable bonds is 0. The Kier molecular flexibility index (Phi) is 2.58. The average molecular weight is 289 g/mol. The summed E-state index contributed by atoms with van der Waals surface area (Å²) in [4.78, 5) is 29.9. The number of aliphatic hydroxyl groups is 2. The van der Waals surface area contributed by atoms with Gasteiger partial charge in [-0.2, -0.15) is 0 Å². The second-order valence-corrected chi connectivity index (χ2v) is 6.96. The first-order valence-electron chi connectivity index (χ1n) is 7.04. The lowest BCUT2D eigenvalue weighted by Gasteiger charge is -2.56. The Balaban J connectivity index is 2.39. The van der Waals surface area contributed by atoms with Crippen molar-refractivity contribution in [1.29, 1.82) is 0 Å². The van der Waals surface area contributed by atoms with E-state index >= 15 is 0 Å². The Labute approximate surface area is 123 Å². The number of hydrogen-bond donors (Lipinski definition) is 2. The van der Waals surface area contributed by atoms with Gasteiger partial charge >= 0.3 is 0 Å². The van der Waals surface area contributed by atoms with E-state index in [0.717, 1.165) is 0 Å². The van der Waals surface area contributed by atoms with Crippen LogP contribution < -0.4 is 0 Å². The number of pyridine rings is 1. The summed E-state index contributed by atoms with van der Waals surface area (Å²) < 4.78 is 0. The lowest BCUT2D eigenvalue weighted by Crippen LogP contribution is -2.68. The average Bonchev–Trinajstić information content (AvgIpc) is 2.41. The van der Waals surface area contributed by atoms with Crippen molar-refractivity contribution in [1.82, 2.24) is 4.98 Å². The summed E-state index contributed by atoms with van der Waals surface area (Å²) in [7, 11) is 0. The summed E-state index contributed by atoms with van der Waals surface area (Å²) in [6, 6.07) is 1.57. The summed E-state index contributed by atoms with van der Waals surface area (Å²) in [6.45, 7) is 6.64. The molecule has 1 aromatic heterocycles. The number of nitrogens with zero attached hydrogens (tertiary/aromatic N) is 1. The predicted molar refractivity (Wildman–Crippen MR) is 74.7 cm³/mol. The van der Waals surface area contributed by atoms with Crippen LogP contribution >= 0.6 is 0 Å². The third-order valence-electron chi connectivity index (χ3n) is 5.63. The fraction of sp³-hybridized carbons (Fsp3) is 0.562. The minimum atomic E-state index is -1.82. The Hall–Kier alpha value is -1.59. The van der Waals surface area contributed by atoms with Crippen LogP contribution in [-0.4, -0.2) is 32.9 Å². The molecule has 0 spiro atoms. The second kappa shape index (κ2) is 3.78. The molecule has 112 valence electrons. The number of carbonyl (C=O) groups excluding carboxylic acids is 2. The molecule has 1 aromatic rings. The smallest absolute Gasteiger partial charge is 0.183 e. The highest BCUT2D eigenvalue weighted by Crippen LogP contribution is 2.58. The monoisotopic (exact) mass is 289 g/mol. The zero-order valence-electron chi connectivity index (χ0n) is 12.6. The summed E-state index contributed by atoms with van der Waals surface area (Å²) in [5, 5.41) is 21.4. The van der Waals surface area contributed by atoms with Crippen molar-refractivity contribution < 1.29 is 19.8 Å². The maximum Gasteiger partial charge on any atom is 0.183 e. The maximum absolute atomic E-state index is 12.9. The van der Waals surface area contributed by atoms with E-state index in [1.54, 1.807) is 26.8 Å². The van der Waals surface area contributed by atoms with E-state index in [2.05, 4.69) is 4.98 Å². The molecule has 1 saturated carbocycles. The molecule has 0 saturated heterocycles. The van der Waals surface area contributed by atoms with E-state index in [9.17, 15) is 19.8 Å². The third kappa shape index (κ3) is 1.40. The number of fused-ring (bicyclic) bond motifs is 4. The first-order chi connectivity index (χ1) is 9.56. The molecule has 21 heavy (non-hydrogen) atoms. The van der Waals surface area contributed by atoms with Crippen molar-refractivity contribution >= 4 is 11.6 Å². The number of aromatic nitrogens is 1. The fourth-order valence-corrected chi connectivity index (χ4v) is 3.65. The molecule has 0 amide bonds. The van der Waals surface area contributed by atoms with Crippen LogP contribution in [0, 0.1) is 17.8 Å². The normalized spacial score (nSPS) is 37.3. The summed E-state index contributed by atoms with van der Waals surface area (Å²) in [6.07, 6.45) is 0.380. The minimum absolute atomic E-state index is 0.0991. The van der Waals surface area contributed by atoms with Gasteiger partial charge in [-0.1, -0.05) is 13.8 Å². The standard InChI is InChI=1S/C16H19NO4/c1-8-5-10-9(7-17-8)12(19)15(4)13(20)16(10,21)6-11(18)14(15,2)3/h5,7,11,18,21H,6H2,1-4H3/t11-,15+,16+/m1/s1. The topological polar surface area (TPSA) is 87.5 Å². The SMILES string of the molecule is Cc1cc2c(cn1)C(=O)[C@@]1(C)C(=O)[C@]2(O)C[C@@H](O)C1(C)C. The molecule has 0 aromatic carbocycles. The Morgan fingerprint density at radius 3 is 2.52 bits per heavy atom. The van der Waals surface area contributed by atoms with E-state index in [1.165, 1.54) is 13.1 Å². The molecule has 2 bridgehead atoms. The zero-order chi connectivity index (χ0) is 15.8. The van der Waals surface area contributed by atoms with Gasteiger partial charge in [-0.25, -0.2) is 0 Å². The van der Waals surface area contributed by atoms with E-state index in [4.69, 9.17) is 0 Å². The van der Waals surface area contributed by atoms with Crippen molar-refractivity contribution in [2.45, 2.75) is 45.8 Å². The van der Waals surface area contributed by atoms with Gasteiger partial charge in [0.1, 0.15) is 5.41 Å². The largest absolute Gasteiger partial charge is 0.392 e. The van der Waals surface area contributed by atoms with Gasteiger partial charge in [0, 0.05) is 34.9 Å². The second-order valence-electron chi connectivity index (χ2n) is 6.96. The van der Waals surface area contributed by atoms with Crippen molar-refractivity contribution in [3.63, 3.8) is 0 Å². The fourth-order valence-electron chi connectivity index (χ4n) is 3.65. The van der Waals surface area contributed by atoms with Crippen molar-refractivity contribution in [2.24, 2.45) is 10.8 Å². The molecule has 0 radical (unpaired) electrons. The highest BCUT2D eigenvalue weighted by Gasteiger charge is 2.69. The van der Waals surface area contributed by atoms with Gasteiger partial charge in [-0.15, -0.1) is 0 Å².